The van der Waals surface area contributed by atoms with Crippen LogP contribution in [-0.4, -0.2) is 45.4 Å². The lowest BCUT2D eigenvalue weighted by atomic mass is 9.94. The standard InChI is InChI=1S/C32H34N4O5/c37-30(29(20-25-13-5-2-6-14-25)36-32(39)41-23-27-16-8-10-18-34-27)21-28(19-24-11-3-1-4-12-24)35-31(38)40-22-26-15-7-9-17-33-26/h1-18,28-30,37H,19-23H2,(H,35,38)(H,36,39)/t28-,29-,30-/m0/s1. The molecule has 212 valence electrons. The average molecular weight is 555 g/mol. The molecule has 0 bridgehead atoms. The molecule has 0 spiro atoms. The molecular formula is C32H34N4O5. The number of pyridine rings is 2. The topological polar surface area (TPSA) is 123 Å². The molecule has 2 heterocycles. The van der Waals surface area contributed by atoms with Crippen molar-refractivity contribution in [2.45, 2.75) is 50.7 Å². The van der Waals surface area contributed by atoms with Gasteiger partial charge in [0.25, 0.3) is 0 Å². The summed E-state index contributed by atoms with van der Waals surface area (Å²) in [5.41, 5.74) is 3.15. The van der Waals surface area contributed by atoms with Crippen molar-refractivity contribution in [1.29, 1.82) is 0 Å². The summed E-state index contributed by atoms with van der Waals surface area (Å²) >= 11 is 0. The van der Waals surface area contributed by atoms with Gasteiger partial charge < -0.3 is 25.2 Å². The van der Waals surface area contributed by atoms with Gasteiger partial charge in [-0.2, -0.15) is 0 Å². The number of aromatic nitrogens is 2. The molecule has 0 aliphatic heterocycles. The van der Waals surface area contributed by atoms with E-state index in [9.17, 15) is 14.7 Å². The third-order valence-electron chi connectivity index (χ3n) is 6.39. The third-order valence-corrected chi connectivity index (χ3v) is 6.39. The zero-order valence-electron chi connectivity index (χ0n) is 22.6. The molecule has 4 aromatic rings. The maximum Gasteiger partial charge on any atom is 0.407 e. The number of amides is 2. The first-order chi connectivity index (χ1) is 20.0. The minimum absolute atomic E-state index is 0.00112. The highest BCUT2D eigenvalue weighted by atomic mass is 16.6. The van der Waals surface area contributed by atoms with E-state index in [0.717, 1.165) is 11.1 Å². The van der Waals surface area contributed by atoms with Crippen molar-refractivity contribution < 1.29 is 24.2 Å². The molecule has 2 aromatic carbocycles. The van der Waals surface area contributed by atoms with Gasteiger partial charge in [-0.3, -0.25) is 9.97 Å². The second-order valence-corrected chi connectivity index (χ2v) is 9.57. The van der Waals surface area contributed by atoms with E-state index in [1.807, 2.05) is 72.8 Å². The minimum atomic E-state index is -1.01. The normalized spacial score (nSPS) is 12.9. The van der Waals surface area contributed by atoms with Crippen LogP contribution in [0.1, 0.15) is 28.9 Å². The Kier molecular flexibility index (Phi) is 11.2. The molecule has 3 N–H and O–H groups in total. The largest absolute Gasteiger partial charge is 0.443 e. The van der Waals surface area contributed by atoms with Crippen molar-refractivity contribution in [2.24, 2.45) is 0 Å². The van der Waals surface area contributed by atoms with Crippen LogP contribution >= 0.6 is 0 Å². The lowest BCUT2D eigenvalue weighted by molar-refractivity contribution is 0.0856. The predicted molar refractivity (Wildman–Crippen MR) is 154 cm³/mol. The summed E-state index contributed by atoms with van der Waals surface area (Å²) in [6.07, 6.45) is 1.94. The molecular weight excluding hydrogens is 520 g/mol. The van der Waals surface area contributed by atoms with E-state index in [1.165, 1.54) is 0 Å². The molecule has 41 heavy (non-hydrogen) atoms. The smallest absolute Gasteiger partial charge is 0.407 e. The third kappa shape index (κ3) is 10.4. The first-order valence-corrected chi connectivity index (χ1v) is 13.5. The Hall–Kier alpha value is -4.76. The molecule has 0 fully saturated rings. The van der Waals surface area contributed by atoms with Crippen molar-refractivity contribution in [3.05, 3.63) is 132 Å². The van der Waals surface area contributed by atoms with Gasteiger partial charge in [-0.15, -0.1) is 0 Å². The number of carbonyl (C=O) groups is 2. The minimum Gasteiger partial charge on any atom is -0.443 e. The molecule has 2 aromatic heterocycles. The fraction of sp³-hybridized carbons (Fsp3) is 0.250. The quantitative estimate of drug-likeness (QED) is 0.221. The van der Waals surface area contributed by atoms with Crippen LogP contribution in [0.25, 0.3) is 0 Å². The molecule has 0 saturated heterocycles. The highest BCUT2D eigenvalue weighted by Crippen LogP contribution is 2.15. The Morgan fingerprint density at radius 3 is 1.66 bits per heavy atom. The SMILES string of the molecule is O=C(N[C@@H](Cc1ccccc1)C[C@H](O)[C@H](Cc1ccccc1)NC(=O)OCc1ccccn1)OCc1ccccn1. The monoisotopic (exact) mass is 554 g/mol. The van der Waals surface area contributed by atoms with Gasteiger partial charge in [0.2, 0.25) is 0 Å². The maximum absolute atomic E-state index is 12.7. The van der Waals surface area contributed by atoms with E-state index in [-0.39, 0.29) is 19.6 Å². The number of aliphatic hydroxyl groups is 1. The number of aliphatic hydroxyl groups excluding tert-OH is 1. The molecule has 0 saturated carbocycles. The molecule has 9 nitrogen and oxygen atoms in total. The second-order valence-electron chi connectivity index (χ2n) is 9.57. The van der Waals surface area contributed by atoms with Gasteiger partial charge in [-0.1, -0.05) is 72.8 Å². The number of hydrogen-bond donors (Lipinski definition) is 3. The van der Waals surface area contributed by atoms with Crippen LogP contribution < -0.4 is 10.6 Å². The van der Waals surface area contributed by atoms with Crippen LogP contribution in [0.5, 0.6) is 0 Å². The van der Waals surface area contributed by atoms with Gasteiger partial charge in [0.1, 0.15) is 13.2 Å². The molecule has 2 amide bonds. The molecule has 9 heteroatoms. The van der Waals surface area contributed by atoms with Crippen LogP contribution in [0.2, 0.25) is 0 Å². The van der Waals surface area contributed by atoms with E-state index >= 15 is 0 Å². The first-order valence-electron chi connectivity index (χ1n) is 13.5. The van der Waals surface area contributed by atoms with Crippen molar-refractivity contribution in [1.82, 2.24) is 20.6 Å². The summed E-state index contributed by atoms with van der Waals surface area (Å²) in [6, 6.07) is 28.8. The summed E-state index contributed by atoms with van der Waals surface area (Å²) < 4.78 is 10.7. The Labute approximate surface area is 239 Å². The number of rotatable bonds is 13. The van der Waals surface area contributed by atoms with E-state index in [2.05, 4.69) is 20.6 Å². The number of nitrogens with one attached hydrogen (secondary N) is 2. The lowest BCUT2D eigenvalue weighted by Gasteiger charge is -2.28. The van der Waals surface area contributed by atoms with Crippen molar-refractivity contribution in [3.63, 3.8) is 0 Å². The van der Waals surface area contributed by atoms with Gasteiger partial charge in [0, 0.05) is 18.4 Å². The highest BCUT2D eigenvalue weighted by Gasteiger charge is 2.27. The number of ether oxygens (including phenoxy) is 2. The van der Waals surface area contributed by atoms with Crippen LogP contribution in [0.3, 0.4) is 0 Å². The van der Waals surface area contributed by atoms with Crippen molar-refractivity contribution in [3.8, 4) is 0 Å². The molecule has 4 rings (SSSR count). The van der Waals surface area contributed by atoms with E-state index < -0.39 is 30.4 Å². The summed E-state index contributed by atoms with van der Waals surface area (Å²) in [7, 11) is 0. The molecule has 3 atom stereocenters. The molecule has 0 aliphatic rings. The Morgan fingerprint density at radius 2 is 1.15 bits per heavy atom. The van der Waals surface area contributed by atoms with Crippen molar-refractivity contribution >= 4 is 12.2 Å². The van der Waals surface area contributed by atoms with Crippen LogP contribution in [0.4, 0.5) is 9.59 Å². The summed E-state index contributed by atoms with van der Waals surface area (Å²) in [5.74, 6) is 0. The first kappa shape index (κ1) is 29.2. The maximum atomic E-state index is 12.7. The highest BCUT2D eigenvalue weighted by molar-refractivity contribution is 5.68. The van der Waals surface area contributed by atoms with Gasteiger partial charge >= 0.3 is 12.2 Å². The van der Waals surface area contributed by atoms with Crippen LogP contribution in [0, 0.1) is 0 Å². The van der Waals surface area contributed by atoms with Crippen LogP contribution in [-0.2, 0) is 35.5 Å². The van der Waals surface area contributed by atoms with E-state index in [4.69, 9.17) is 9.47 Å². The zero-order chi connectivity index (χ0) is 28.7. The zero-order valence-corrected chi connectivity index (χ0v) is 22.6. The average Bonchev–Trinajstić information content (AvgIpc) is 3.01. The Bertz CT molecular complexity index is 1330. The Balaban J connectivity index is 1.43. The lowest BCUT2D eigenvalue weighted by Crippen LogP contribution is -2.48. The number of alkyl carbamates (subject to hydrolysis) is 2. The van der Waals surface area contributed by atoms with Gasteiger partial charge in [-0.25, -0.2) is 9.59 Å². The van der Waals surface area contributed by atoms with E-state index in [0.29, 0.717) is 24.2 Å². The van der Waals surface area contributed by atoms with Crippen molar-refractivity contribution in [2.75, 3.05) is 0 Å². The number of benzene rings is 2. The van der Waals surface area contributed by atoms with E-state index in [1.54, 1.807) is 36.7 Å². The Morgan fingerprint density at radius 1 is 0.659 bits per heavy atom. The molecule has 0 radical (unpaired) electrons. The summed E-state index contributed by atoms with van der Waals surface area (Å²) in [4.78, 5) is 33.8. The van der Waals surface area contributed by atoms with Gasteiger partial charge in [0.05, 0.1) is 23.5 Å². The summed E-state index contributed by atoms with van der Waals surface area (Å²) in [5, 5.41) is 17.1. The van der Waals surface area contributed by atoms with Gasteiger partial charge in [0.15, 0.2) is 0 Å². The fourth-order valence-corrected chi connectivity index (χ4v) is 4.35. The molecule has 0 aliphatic carbocycles. The molecule has 0 unspecified atom stereocenters. The second kappa shape index (κ2) is 15.7. The number of carbonyl (C=O) groups excluding carboxylic acids is 2. The predicted octanol–water partition coefficient (Wildman–Crippen LogP) is 4.60. The number of hydrogen-bond acceptors (Lipinski definition) is 7. The van der Waals surface area contributed by atoms with Gasteiger partial charge in [-0.05, 0) is 54.7 Å². The van der Waals surface area contributed by atoms with Crippen LogP contribution in [0.15, 0.2) is 109 Å². The fourth-order valence-electron chi connectivity index (χ4n) is 4.35. The number of nitrogens with zero attached hydrogens (tertiary/aromatic N) is 2. The summed E-state index contributed by atoms with van der Waals surface area (Å²) in [6.45, 7) is 0.0225.